The van der Waals surface area contributed by atoms with E-state index in [1.165, 1.54) is 0 Å². The molecule has 1 aromatic heterocycles. The van der Waals surface area contributed by atoms with Crippen LogP contribution in [0, 0.1) is 0 Å². The summed E-state index contributed by atoms with van der Waals surface area (Å²) in [6.07, 6.45) is 5.56. The zero-order valence-corrected chi connectivity index (χ0v) is 19.7. The number of nitrogens with zero attached hydrogens (tertiary/aromatic N) is 3. The van der Waals surface area contributed by atoms with Crippen LogP contribution in [0.2, 0.25) is 0 Å². The number of allylic oxidation sites excluding steroid dienone is 4. The van der Waals surface area contributed by atoms with E-state index in [9.17, 15) is 8.42 Å². The number of piperazine rings is 1. The third-order valence-electron chi connectivity index (χ3n) is 5.59. The summed E-state index contributed by atoms with van der Waals surface area (Å²) in [5.41, 5.74) is 2.80. The normalized spacial score (nSPS) is 17.6. The average molecular weight is 471 g/mol. The topological polar surface area (TPSA) is 74.8 Å². The largest absolute Gasteiger partial charge is 0.495 e. The van der Waals surface area contributed by atoms with Crippen molar-refractivity contribution in [3.05, 3.63) is 65.3 Å². The van der Waals surface area contributed by atoms with Crippen molar-refractivity contribution in [2.75, 3.05) is 50.0 Å². The van der Waals surface area contributed by atoms with Crippen molar-refractivity contribution in [1.82, 2.24) is 9.88 Å². The lowest BCUT2D eigenvalue weighted by atomic mass is 10.0. The van der Waals surface area contributed by atoms with E-state index in [0.717, 1.165) is 37.4 Å². The van der Waals surface area contributed by atoms with Crippen molar-refractivity contribution in [3.63, 3.8) is 0 Å². The van der Waals surface area contributed by atoms with Crippen LogP contribution in [0.3, 0.4) is 0 Å². The maximum absolute atomic E-state index is 13.3. The van der Waals surface area contributed by atoms with E-state index >= 15 is 0 Å². The molecule has 2 aromatic rings. The van der Waals surface area contributed by atoms with Gasteiger partial charge < -0.3 is 14.5 Å². The van der Waals surface area contributed by atoms with Gasteiger partial charge in [0, 0.05) is 43.7 Å². The number of ether oxygens (including phenoxy) is 1. The molecule has 9 heteroatoms. The second-order valence-electron chi connectivity index (χ2n) is 7.79. The van der Waals surface area contributed by atoms with Gasteiger partial charge in [-0.2, -0.15) is 0 Å². The number of hydrogen-bond acceptors (Lipinski definition) is 7. The van der Waals surface area contributed by atoms with Gasteiger partial charge in [0.2, 0.25) is 0 Å². The molecule has 0 amide bonds. The van der Waals surface area contributed by atoms with Gasteiger partial charge in [-0.1, -0.05) is 24.4 Å². The van der Waals surface area contributed by atoms with E-state index in [0.29, 0.717) is 28.4 Å². The summed E-state index contributed by atoms with van der Waals surface area (Å²) in [4.78, 5) is 9.28. The van der Waals surface area contributed by atoms with Crippen molar-refractivity contribution < 1.29 is 13.2 Å². The van der Waals surface area contributed by atoms with Crippen LogP contribution in [0.5, 0.6) is 5.75 Å². The minimum Gasteiger partial charge on any atom is -0.495 e. The molecule has 0 unspecified atom stereocenters. The Kier molecular flexibility index (Phi) is 6.59. The molecule has 0 bridgehead atoms. The molecule has 168 valence electrons. The van der Waals surface area contributed by atoms with Crippen LogP contribution in [0.4, 0.5) is 11.4 Å². The van der Waals surface area contributed by atoms with E-state index in [-0.39, 0.29) is 4.91 Å². The summed E-state index contributed by atoms with van der Waals surface area (Å²) in [5, 5.41) is 0. The molecule has 0 radical (unpaired) electrons. The Hall–Kier alpha value is -2.75. The highest BCUT2D eigenvalue weighted by Crippen LogP contribution is 2.33. The zero-order valence-electron chi connectivity index (χ0n) is 18.1. The van der Waals surface area contributed by atoms with E-state index < -0.39 is 10.0 Å². The lowest BCUT2D eigenvalue weighted by Crippen LogP contribution is -2.44. The molecule has 1 saturated heterocycles. The number of sulfonamides is 1. The number of hydrogen-bond donors (Lipinski definition) is 1. The van der Waals surface area contributed by atoms with Crippen LogP contribution >= 0.6 is 12.2 Å². The third-order valence-corrected chi connectivity index (χ3v) is 7.56. The minimum absolute atomic E-state index is 0.104. The first-order valence-corrected chi connectivity index (χ1v) is 12.3. The standard InChI is InChI=1S/C23H26N4O3S2/c1-26-11-13-27(14-12-26)20-16-18(7-8-21(20)30-2)25-32(28,29)23-15-17(6-9-22(23)31)19-5-3-4-10-24-19/h3-8,10,15-16,25H,9,11-14H2,1-2H3. The first-order valence-electron chi connectivity index (χ1n) is 10.4. The summed E-state index contributed by atoms with van der Waals surface area (Å²) >= 11 is 5.39. The summed E-state index contributed by atoms with van der Waals surface area (Å²) in [5.74, 6) is 0.713. The molecule has 32 heavy (non-hydrogen) atoms. The van der Waals surface area contributed by atoms with Crippen molar-refractivity contribution >= 4 is 44.1 Å². The highest BCUT2D eigenvalue weighted by atomic mass is 32.2. The van der Waals surface area contributed by atoms with Crippen molar-refractivity contribution in [2.45, 2.75) is 6.42 Å². The summed E-state index contributed by atoms with van der Waals surface area (Å²) in [6.45, 7) is 3.55. The number of likely N-dealkylation sites (N-methyl/N-ethyl adjacent to an activating group) is 1. The Bertz CT molecular complexity index is 1170. The zero-order chi connectivity index (χ0) is 22.7. The number of methoxy groups -OCH3 is 1. The monoisotopic (exact) mass is 470 g/mol. The molecular formula is C23H26N4O3S2. The van der Waals surface area contributed by atoms with Gasteiger partial charge in [-0.3, -0.25) is 9.71 Å². The van der Waals surface area contributed by atoms with Crippen molar-refractivity contribution in [1.29, 1.82) is 0 Å². The van der Waals surface area contributed by atoms with Crippen LogP contribution < -0.4 is 14.4 Å². The van der Waals surface area contributed by atoms with Gasteiger partial charge in [0.05, 0.1) is 24.2 Å². The number of thiocarbonyl (C=S) groups is 1. The molecular weight excluding hydrogens is 444 g/mol. The van der Waals surface area contributed by atoms with E-state index in [4.69, 9.17) is 17.0 Å². The molecule has 2 heterocycles. The summed E-state index contributed by atoms with van der Waals surface area (Å²) < 4.78 is 34.8. The average Bonchev–Trinajstić information content (AvgIpc) is 2.80. The van der Waals surface area contributed by atoms with Crippen LogP contribution in [-0.2, 0) is 10.0 Å². The third kappa shape index (κ3) is 4.85. The van der Waals surface area contributed by atoms with Gasteiger partial charge in [-0.25, -0.2) is 8.42 Å². The first-order chi connectivity index (χ1) is 15.4. The Morgan fingerprint density at radius 1 is 1.12 bits per heavy atom. The van der Waals surface area contributed by atoms with Crippen LogP contribution in [0.15, 0.2) is 59.7 Å². The number of pyridine rings is 1. The van der Waals surface area contributed by atoms with Gasteiger partial charge in [0.25, 0.3) is 10.0 Å². The molecule has 1 aromatic carbocycles. The maximum Gasteiger partial charge on any atom is 0.263 e. The fourth-order valence-electron chi connectivity index (χ4n) is 3.78. The number of aromatic nitrogens is 1. The second kappa shape index (κ2) is 9.40. The molecule has 0 atom stereocenters. The Labute approximate surface area is 194 Å². The maximum atomic E-state index is 13.3. The predicted octanol–water partition coefficient (Wildman–Crippen LogP) is 3.32. The van der Waals surface area contributed by atoms with E-state index in [1.54, 1.807) is 31.5 Å². The molecule has 2 aliphatic rings. The highest BCUT2D eigenvalue weighted by Gasteiger charge is 2.26. The van der Waals surface area contributed by atoms with Crippen LogP contribution in [-0.4, -0.2) is 63.5 Å². The van der Waals surface area contributed by atoms with Gasteiger partial charge in [0.1, 0.15) is 10.7 Å². The quantitative estimate of drug-likeness (QED) is 0.649. The summed E-state index contributed by atoms with van der Waals surface area (Å²) in [7, 11) is -0.157. The molecule has 4 rings (SSSR count). The Morgan fingerprint density at radius 3 is 2.59 bits per heavy atom. The van der Waals surface area contributed by atoms with Gasteiger partial charge in [0.15, 0.2) is 0 Å². The number of nitrogens with one attached hydrogen (secondary N) is 1. The fraction of sp³-hybridized carbons (Fsp3) is 0.304. The molecule has 1 aliphatic carbocycles. The molecule has 1 N–H and O–H groups in total. The lowest BCUT2D eigenvalue weighted by Gasteiger charge is -2.35. The van der Waals surface area contributed by atoms with Gasteiger partial charge in [-0.15, -0.1) is 0 Å². The molecule has 7 nitrogen and oxygen atoms in total. The smallest absolute Gasteiger partial charge is 0.263 e. The number of anilines is 2. The molecule has 1 aliphatic heterocycles. The predicted molar refractivity (Wildman–Crippen MR) is 133 cm³/mol. The number of benzene rings is 1. The van der Waals surface area contributed by atoms with Crippen molar-refractivity contribution in [3.8, 4) is 5.75 Å². The van der Waals surface area contributed by atoms with Gasteiger partial charge in [-0.05, 0) is 49.0 Å². The van der Waals surface area contributed by atoms with Crippen LogP contribution in [0.1, 0.15) is 12.1 Å². The summed E-state index contributed by atoms with van der Waals surface area (Å²) in [6, 6.07) is 10.9. The van der Waals surface area contributed by atoms with Crippen molar-refractivity contribution in [2.24, 2.45) is 0 Å². The second-order valence-corrected chi connectivity index (χ2v) is 9.94. The Balaban J connectivity index is 1.61. The molecule has 0 saturated carbocycles. The van der Waals surface area contributed by atoms with Gasteiger partial charge >= 0.3 is 0 Å². The van der Waals surface area contributed by atoms with E-state index in [1.807, 2.05) is 30.3 Å². The van der Waals surface area contributed by atoms with E-state index in [2.05, 4.69) is 26.6 Å². The SMILES string of the molecule is COc1ccc(NS(=O)(=O)C2=CC(c3ccccn3)=CCC2=S)cc1N1CCN(C)CC1. The molecule has 1 fully saturated rings. The lowest BCUT2D eigenvalue weighted by molar-refractivity contribution is 0.311. The highest BCUT2D eigenvalue weighted by molar-refractivity contribution is 7.99. The first kappa shape index (κ1) is 22.4. The fourth-order valence-corrected chi connectivity index (χ4v) is 5.47. The minimum atomic E-state index is -3.87. The number of rotatable bonds is 6. The Morgan fingerprint density at radius 2 is 1.91 bits per heavy atom. The van der Waals surface area contributed by atoms with Crippen LogP contribution in [0.25, 0.3) is 5.57 Å². The molecule has 0 spiro atoms.